The molecule has 2 aromatic carbocycles. The number of methoxy groups -OCH3 is 2. The lowest BCUT2D eigenvalue weighted by atomic mass is 10.0. The number of carbonyl (C=O) groups excluding carboxylic acids is 1. The zero-order valence-corrected chi connectivity index (χ0v) is 21.1. The van der Waals surface area contributed by atoms with Crippen LogP contribution in [0.3, 0.4) is 0 Å². The highest BCUT2D eigenvalue weighted by Crippen LogP contribution is 2.40. The fourth-order valence-corrected chi connectivity index (χ4v) is 4.55. The number of amides is 1. The molecule has 1 aromatic heterocycles. The van der Waals surface area contributed by atoms with Crippen LogP contribution in [-0.4, -0.2) is 63.8 Å². The number of nitrogens with zero attached hydrogens (tertiary/aromatic N) is 3. The van der Waals surface area contributed by atoms with Crippen LogP contribution in [0, 0.1) is 0 Å². The van der Waals surface area contributed by atoms with Gasteiger partial charge in [0.05, 0.1) is 14.2 Å². The summed E-state index contributed by atoms with van der Waals surface area (Å²) in [6, 6.07) is 11.6. The van der Waals surface area contributed by atoms with E-state index in [9.17, 15) is 4.79 Å². The van der Waals surface area contributed by atoms with Crippen LogP contribution < -0.4 is 19.1 Å². The summed E-state index contributed by atoms with van der Waals surface area (Å²) in [4.78, 5) is 21.8. The molecule has 0 radical (unpaired) electrons. The highest BCUT2D eigenvalue weighted by Gasteiger charge is 2.23. The predicted octanol–water partition coefficient (Wildman–Crippen LogP) is 4.80. The maximum atomic E-state index is 13.2. The predicted molar refractivity (Wildman–Crippen MR) is 134 cm³/mol. The lowest BCUT2D eigenvalue weighted by molar-refractivity contribution is -0.120. The Kier molecular flexibility index (Phi) is 8.52. The van der Waals surface area contributed by atoms with E-state index in [1.807, 2.05) is 50.5 Å². The van der Waals surface area contributed by atoms with Gasteiger partial charge in [0.15, 0.2) is 11.7 Å². The van der Waals surface area contributed by atoms with Crippen molar-refractivity contribution in [1.82, 2.24) is 9.88 Å². The van der Waals surface area contributed by atoms with Gasteiger partial charge in [-0.25, -0.2) is 4.98 Å². The minimum Gasteiger partial charge on any atom is -0.495 e. The molecule has 0 saturated heterocycles. The topological polar surface area (TPSA) is 64.1 Å². The van der Waals surface area contributed by atoms with Gasteiger partial charge in [-0.2, -0.15) is 0 Å². The van der Waals surface area contributed by atoms with E-state index < -0.39 is 0 Å². The number of ether oxygens (including phenoxy) is 3. The molecule has 1 heterocycles. The first kappa shape index (κ1) is 24.8. The molecule has 1 amide bonds. The first-order chi connectivity index (χ1) is 15.8. The van der Waals surface area contributed by atoms with E-state index in [2.05, 4.69) is 18.7 Å². The molecule has 0 spiro atoms. The van der Waals surface area contributed by atoms with Crippen LogP contribution in [0.2, 0.25) is 0 Å². The highest BCUT2D eigenvalue weighted by molar-refractivity contribution is 7.22. The molecule has 0 bridgehead atoms. The molecule has 7 nitrogen and oxygen atoms in total. The standard InChI is InChI=1S/C25H33N3O4S/c1-17(2)18-8-10-19(11-9-18)32-16-22(29)28(15-7-14-27(3)4)25-26-23-20(30-5)12-13-21(31-6)24(23)33-25/h8-13,17H,7,14-16H2,1-6H3. The molecule has 3 aromatic rings. The Morgan fingerprint density at radius 3 is 2.27 bits per heavy atom. The van der Waals surface area contributed by atoms with Crippen LogP contribution in [0.4, 0.5) is 5.13 Å². The normalized spacial score (nSPS) is 11.3. The van der Waals surface area contributed by atoms with E-state index in [-0.39, 0.29) is 12.5 Å². The largest absolute Gasteiger partial charge is 0.495 e. The average Bonchev–Trinajstić information content (AvgIpc) is 3.24. The number of fused-ring (bicyclic) bond motifs is 1. The average molecular weight is 472 g/mol. The summed E-state index contributed by atoms with van der Waals surface area (Å²) >= 11 is 1.42. The Morgan fingerprint density at radius 2 is 1.67 bits per heavy atom. The number of aromatic nitrogens is 1. The summed E-state index contributed by atoms with van der Waals surface area (Å²) in [6.07, 6.45) is 0.812. The molecule has 33 heavy (non-hydrogen) atoms. The fourth-order valence-electron chi connectivity index (χ4n) is 3.43. The first-order valence-corrected chi connectivity index (χ1v) is 11.8. The van der Waals surface area contributed by atoms with Crippen molar-refractivity contribution in [3.05, 3.63) is 42.0 Å². The number of carbonyl (C=O) groups is 1. The zero-order chi connectivity index (χ0) is 24.0. The monoisotopic (exact) mass is 471 g/mol. The number of hydrogen-bond donors (Lipinski definition) is 0. The second-order valence-electron chi connectivity index (χ2n) is 8.36. The van der Waals surface area contributed by atoms with Crippen LogP contribution >= 0.6 is 11.3 Å². The Labute approximate surface area is 199 Å². The van der Waals surface area contributed by atoms with Crippen molar-refractivity contribution in [2.75, 3.05) is 52.9 Å². The number of hydrogen-bond acceptors (Lipinski definition) is 7. The van der Waals surface area contributed by atoms with Gasteiger partial charge in [0, 0.05) is 6.54 Å². The second kappa shape index (κ2) is 11.3. The van der Waals surface area contributed by atoms with Crippen molar-refractivity contribution in [1.29, 1.82) is 0 Å². The number of benzene rings is 2. The van der Waals surface area contributed by atoms with E-state index in [1.54, 1.807) is 19.1 Å². The molecule has 0 unspecified atom stereocenters. The quantitative estimate of drug-likeness (QED) is 0.400. The van der Waals surface area contributed by atoms with Gasteiger partial charge in [-0.15, -0.1) is 0 Å². The van der Waals surface area contributed by atoms with Crippen molar-refractivity contribution < 1.29 is 19.0 Å². The molecule has 0 fully saturated rings. The van der Waals surface area contributed by atoms with Gasteiger partial charge in [-0.1, -0.05) is 37.3 Å². The van der Waals surface area contributed by atoms with Gasteiger partial charge in [-0.3, -0.25) is 9.69 Å². The molecule has 3 rings (SSSR count). The lowest BCUT2D eigenvalue weighted by Crippen LogP contribution is -2.36. The molecule has 0 N–H and O–H groups in total. The van der Waals surface area contributed by atoms with Gasteiger partial charge < -0.3 is 19.1 Å². The number of rotatable bonds is 11. The summed E-state index contributed by atoms with van der Waals surface area (Å²) in [5.41, 5.74) is 1.92. The van der Waals surface area contributed by atoms with Crippen molar-refractivity contribution in [3.8, 4) is 17.2 Å². The smallest absolute Gasteiger partial charge is 0.266 e. The SMILES string of the molecule is COc1ccc(OC)c2sc(N(CCCN(C)C)C(=O)COc3ccc(C(C)C)cc3)nc12. The van der Waals surface area contributed by atoms with Crippen LogP contribution in [0.1, 0.15) is 31.7 Å². The zero-order valence-electron chi connectivity index (χ0n) is 20.3. The van der Waals surface area contributed by atoms with E-state index >= 15 is 0 Å². The van der Waals surface area contributed by atoms with Gasteiger partial charge in [0.2, 0.25) is 0 Å². The minimum atomic E-state index is -0.140. The third-order valence-electron chi connectivity index (χ3n) is 5.33. The highest BCUT2D eigenvalue weighted by atomic mass is 32.1. The summed E-state index contributed by atoms with van der Waals surface area (Å²) < 4.78 is 17.7. The molecular weight excluding hydrogens is 438 g/mol. The van der Waals surface area contributed by atoms with Crippen molar-refractivity contribution >= 4 is 32.6 Å². The molecular formula is C25H33N3O4S. The first-order valence-electron chi connectivity index (χ1n) is 11.0. The molecule has 0 aliphatic heterocycles. The maximum Gasteiger partial charge on any atom is 0.266 e. The van der Waals surface area contributed by atoms with E-state index in [4.69, 9.17) is 19.2 Å². The number of anilines is 1. The molecule has 0 aliphatic carbocycles. The van der Waals surface area contributed by atoms with E-state index in [0.29, 0.717) is 40.4 Å². The van der Waals surface area contributed by atoms with Gasteiger partial charge in [-0.05, 0) is 62.8 Å². The van der Waals surface area contributed by atoms with Crippen molar-refractivity contribution in [3.63, 3.8) is 0 Å². The summed E-state index contributed by atoms with van der Waals surface area (Å²) in [5.74, 6) is 2.33. The van der Waals surface area contributed by atoms with Crippen molar-refractivity contribution in [2.24, 2.45) is 0 Å². The Hall–Kier alpha value is -2.84. The molecule has 8 heteroatoms. The van der Waals surface area contributed by atoms with Gasteiger partial charge >= 0.3 is 0 Å². The fraction of sp³-hybridized carbons (Fsp3) is 0.440. The van der Waals surface area contributed by atoms with Crippen molar-refractivity contribution in [2.45, 2.75) is 26.2 Å². The molecule has 0 atom stereocenters. The van der Waals surface area contributed by atoms with E-state index in [1.165, 1.54) is 16.9 Å². The minimum absolute atomic E-state index is 0.0623. The van der Waals surface area contributed by atoms with Gasteiger partial charge in [0.25, 0.3) is 5.91 Å². The Balaban J connectivity index is 1.83. The third kappa shape index (κ3) is 6.15. The Bertz CT molecular complexity index is 1020. The molecule has 0 saturated carbocycles. The summed E-state index contributed by atoms with van der Waals surface area (Å²) in [5, 5.41) is 0.607. The van der Waals surface area contributed by atoms with Gasteiger partial charge in [0.1, 0.15) is 27.5 Å². The van der Waals surface area contributed by atoms with Crippen LogP contribution in [0.15, 0.2) is 36.4 Å². The second-order valence-corrected chi connectivity index (χ2v) is 9.34. The maximum absolute atomic E-state index is 13.2. The van der Waals surface area contributed by atoms with Crippen LogP contribution in [0.5, 0.6) is 17.2 Å². The van der Waals surface area contributed by atoms with Crippen LogP contribution in [0.25, 0.3) is 10.2 Å². The molecule has 178 valence electrons. The summed E-state index contributed by atoms with van der Waals surface area (Å²) in [7, 11) is 7.27. The summed E-state index contributed by atoms with van der Waals surface area (Å²) in [6.45, 7) is 5.63. The molecule has 0 aliphatic rings. The third-order valence-corrected chi connectivity index (χ3v) is 6.42. The van der Waals surface area contributed by atoms with E-state index in [0.717, 1.165) is 17.7 Å². The van der Waals surface area contributed by atoms with Crippen LogP contribution in [-0.2, 0) is 4.79 Å². The Morgan fingerprint density at radius 1 is 1.00 bits per heavy atom. The lowest BCUT2D eigenvalue weighted by Gasteiger charge is -2.21. The number of thiazole rings is 1.